The number of aromatic nitrogens is 2. The van der Waals surface area contributed by atoms with E-state index in [1.807, 2.05) is 18.2 Å². The predicted octanol–water partition coefficient (Wildman–Crippen LogP) is 2.96. The van der Waals surface area contributed by atoms with Crippen molar-refractivity contribution in [3.05, 3.63) is 52.5 Å². The second kappa shape index (κ2) is 8.49. The molecule has 126 valence electrons. The smallest absolute Gasteiger partial charge is 0.191 e. The van der Waals surface area contributed by atoms with E-state index in [2.05, 4.69) is 56.1 Å². The van der Waals surface area contributed by atoms with Gasteiger partial charge >= 0.3 is 0 Å². The van der Waals surface area contributed by atoms with Crippen molar-refractivity contribution in [3.63, 3.8) is 0 Å². The first-order chi connectivity index (χ1) is 11.8. The Hall–Kier alpha value is -2.34. The number of guanidine groups is 1. The Bertz CT molecular complexity index is 743. The average Bonchev–Trinajstić information content (AvgIpc) is 3.23. The van der Waals surface area contributed by atoms with Crippen LogP contribution < -0.4 is 10.6 Å². The van der Waals surface area contributed by atoms with Crippen LogP contribution in [0.1, 0.15) is 17.6 Å². The van der Waals surface area contributed by atoms with E-state index in [1.54, 1.807) is 11.3 Å². The highest BCUT2D eigenvalue weighted by Gasteiger charge is 2.03. The molecule has 0 saturated heterocycles. The van der Waals surface area contributed by atoms with Gasteiger partial charge in [-0.3, -0.25) is 4.99 Å². The van der Waals surface area contributed by atoms with E-state index in [0.29, 0.717) is 0 Å². The van der Waals surface area contributed by atoms with Crippen LogP contribution >= 0.6 is 11.3 Å². The summed E-state index contributed by atoms with van der Waals surface area (Å²) in [6.07, 6.45) is 1.82. The molecule has 2 heterocycles. The number of hydrogen-bond donors (Lipinski definition) is 3. The first-order valence-corrected chi connectivity index (χ1v) is 9.21. The maximum absolute atomic E-state index is 4.63. The van der Waals surface area contributed by atoms with Crippen LogP contribution in [0.3, 0.4) is 0 Å². The molecule has 0 atom stereocenters. The number of H-pyrrole nitrogens is 1. The lowest BCUT2D eigenvalue weighted by atomic mass is 10.3. The highest BCUT2D eigenvalue weighted by atomic mass is 32.1. The molecule has 3 N–H and O–H groups in total. The zero-order valence-corrected chi connectivity index (χ0v) is 14.7. The topological polar surface area (TPSA) is 65.1 Å². The summed E-state index contributed by atoms with van der Waals surface area (Å²) >= 11 is 1.78. The van der Waals surface area contributed by atoms with Crippen molar-refractivity contribution in [1.82, 2.24) is 20.6 Å². The first-order valence-electron chi connectivity index (χ1n) is 8.33. The van der Waals surface area contributed by atoms with E-state index in [1.165, 1.54) is 4.88 Å². The van der Waals surface area contributed by atoms with Gasteiger partial charge < -0.3 is 15.6 Å². The van der Waals surface area contributed by atoms with E-state index in [4.69, 9.17) is 0 Å². The Morgan fingerprint density at radius 1 is 1.17 bits per heavy atom. The van der Waals surface area contributed by atoms with E-state index in [9.17, 15) is 0 Å². The number of aliphatic imine (C=N–C) groups is 1. The third kappa shape index (κ3) is 4.58. The molecule has 24 heavy (non-hydrogen) atoms. The van der Waals surface area contributed by atoms with E-state index in [-0.39, 0.29) is 0 Å². The van der Waals surface area contributed by atoms with Crippen molar-refractivity contribution < 1.29 is 0 Å². The SMILES string of the molecule is CCNC(=NCCc1cccs1)NCCc1nc2ccccc2[nH]1. The molecule has 2 aromatic heterocycles. The maximum Gasteiger partial charge on any atom is 0.191 e. The minimum Gasteiger partial charge on any atom is -0.357 e. The fraction of sp³-hybridized carbons (Fsp3) is 0.333. The zero-order valence-electron chi connectivity index (χ0n) is 13.9. The van der Waals surface area contributed by atoms with Gasteiger partial charge in [-0.15, -0.1) is 11.3 Å². The summed E-state index contributed by atoms with van der Waals surface area (Å²) in [5, 5.41) is 8.77. The van der Waals surface area contributed by atoms with Crippen LogP contribution in [0.15, 0.2) is 46.8 Å². The number of fused-ring (bicyclic) bond motifs is 1. The fourth-order valence-corrected chi connectivity index (χ4v) is 3.20. The molecule has 0 spiro atoms. The van der Waals surface area contributed by atoms with Crippen molar-refractivity contribution in [3.8, 4) is 0 Å². The van der Waals surface area contributed by atoms with Crippen LogP contribution in [0, 0.1) is 0 Å². The van der Waals surface area contributed by atoms with Crippen LogP contribution in [0.5, 0.6) is 0 Å². The van der Waals surface area contributed by atoms with Gasteiger partial charge in [-0.1, -0.05) is 18.2 Å². The lowest BCUT2D eigenvalue weighted by molar-refractivity contribution is 0.779. The summed E-state index contributed by atoms with van der Waals surface area (Å²) in [5.41, 5.74) is 2.10. The number of para-hydroxylation sites is 2. The van der Waals surface area contributed by atoms with Gasteiger partial charge in [0, 0.05) is 37.4 Å². The van der Waals surface area contributed by atoms with Crippen molar-refractivity contribution >= 4 is 28.3 Å². The number of benzene rings is 1. The average molecular weight is 341 g/mol. The molecule has 0 amide bonds. The Morgan fingerprint density at radius 3 is 2.88 bits per heavy atom. The molecule has 1 aromatic carbocycles. The molecule has 0 aliphatic heterocycles. The Balaban J connectivity index is 1.49. The standard InChI is InChI=1S/C18H23N5S/c1-2-19-18(20-11-9-14-6-5-13-24-14)21-12-10-17-22-15-7-3-4-8-16(15)23-17/h3-8,13H,2,9-12H2,1H3,(H,22,23)(H2,19,20,21). The summed E-state index contributed by atoms with van der Waals surface area (Å²) in [6.45, 7) is 4.52. The summed E-state index contributed by atoms with van der Waals surface area (Å²) in [6, 6.07) is 12.3. The van der Waals surface area contributed by atoms with Gasteiger partial charge in [0.1, 0.15) is 5.82 Å². The molecule has 0 unspecified atom stereocenters. The summed E-state index contributed by atoms with van der Waals surface area (Å²) in [4.78, 5) is 14.0. The number of nitrogens with one attached hydrogen (secondary N) is 3. The quantitative estimate of drug-likeness (QED) is 0.457. The number of aromatic amines is 1. The second-order valence-electron chi connectivity index (χ2n) is 5.47. The third-order valence-corrected chi connectivity index (χ3v) is 4.58. The van der Waals surface area contributed by atoms with E-state index in [0.717, 1.165) is 55.3 Å². The largest absolute Gasteiger partial charge is 0.357 e. The van der Waals surface area contributed by atoms with Crippen molar-refractivity contribution in [2.24, 2.45) is 4.99 Å². The van der Waals surface area contributed by atoms with Gasteiger partial charge in [-0.2, -0.15) is 0 Å². The Labute approximate surface area is 146 Å². The minimum atomic E-state index is 0.792. The number of nitrogens with zero attached hydrogens (tertiary/aromatic N) is 2. The van der Waals surface area contributed by atoms with Gasteiger partial charge in [-0.25, -0.2) is 4.98 Å². The molecule has 5 nitrogen and oxygen atoms in total. The van der Waals surface area contributed by atoms with Crippen LogP contribution in [-0.2, 0) is 12.8 Å². The monoisotopic (exact) mass is 341 g/mol. The van der Waals surface area contributed by atoms with Crippen LogP contribution in [0.25, 0.3) is 11.0 Å². The number of rotatable bonds is 7. The Morgan fingerprint density at radius 2 is 2.08 bits per heavy atom. The minimum absolute atomic E-state index is 0.792. The number of imidazole rings is 1. The summed E-state index contributed by atoms with van der Waals surface area (Å²) in [5.74, 6) is 1.86. The molecule has 0 radical (unpaired) electrons. The highest BCUT2D eigenvalue weighted by Crippen LogP contribution is 2.10. The molecular formula is C18H23N5S. The van der Waals surface area contributed by atoms with Crippen LogP contribution in [0.4, 0.5) is 0 Å². The normalized spacial score (nSPS) is 11.8. The van der Waals surface area contributed by atoms with E-state index < -0.39 is 0 Å². The zero-order chi connectivity index (χ0) is 16.6. The molecule has 0 aliphatic rings. The summed E-state index contributed by atoms with van der Waals surface area (Å²) < 4.78 is 0. The summed E-state index contributed by atoms with van der Waals surface area (Å²) in [7, 11) is 0. The second-order valence-corrected chi connectivity index (χ2v) is 6.50. The number of thiophene rings is 1. The van der Waals surface area contributed by atoms with Crippen LogP contribution in [-0.4, -0.2) is 35.6 Å². The Kier molecular flexibility index (Phi) is 5.85. The fourth-order valence-electron chi connectivity index (χ4n) is 2.50. The molecule has 0 bridgehead atoms. The first kappa shape index (κ1) is 16.5. The van der Waals surface area contributed by atoms with Gasteiger partial charge in [0.2, 0.25) is 0 Å². The lowest BCUT2D eigenvalue weighted by Crippen LogP contribution is -2.38. The molecule has 0 aliphatic carbocycles. The molecule has 0 saturated carbocycles. The van der Waals surface area contributed by atoms with Gasteiger partial charge in [-0.05, 0) is 30.5 Å². The molecule has 6 heteroatoms. The molecule has 3 rings (SSSR count). The predicted molar refractivity (Wildman–Crippen MR) is 102 cm³/mol. The van der Waals surface area contributed by atoms with Crippen LogP contribution in [0.2, 0.25) is 0 Å². The van der Waals surface area contributed by atoms with Crippen molar-refractivity contribution in [2.75, 3.05) is 19.6 Å². The van der Waals surface area contributed by atoms with Crippen molar-refractivity contribution in [2.45, 2.75) is 19.8 Å². The molecule has 3 aromatic rings. The van der Waals surface area contributed by atoms with E-state index >= 15 is 0 Å². The third-order valence-electron chi connectivity index (χ3n) is 3.65. The van der Waals surface area contributed by atoms with Gasteiger partial charge in [0.05, 0.1) is 11.0 Å². The molecular weight excluding hydrogens is 318 g/mol. The highest BCUT2D eigenvalue weighted by molar-refractivity contribution is 7.09. The van der Waals surface area contributed by atoms with Crippen molar-refractivity contribution in [1.29, 1.82) is 0 Å². The maximum atomic E-state index is 4.63. The van der Waals surface area contributed by atoms with Gasteiger partial charge in [0.15, 0.2) is 5.96 Å². The van der Waals surface area contributed by atoms with Gasteiger partial charge in [0.25, 0.3) is 0 Å². The molecule has 0 fully saturated rings. The lowest BCUT2D eigenvalue weighted by Gasteiger charge is -2.10. The number of hydrogen-bond acceptors (Lipinski definition) is 3.